The van der Waals surface area contributed by atoms with Gasteiger partial charge in [0.2, 0.25) is 0 Å². The number of rotatable bonds is 1. The minimum atomic E-state index is 0. The number of halogens is 1. The summed E-state index contributed by atoms with van der Waals surface area (Å²) >= 11 is 0. The van der Waals surface area contributed by atoms with Crippen LogP contribution < -0.4 is 10.6 Å². The molecule has 0 aromatic heterocycles. The summed E-state index contributed by atoms with van der Waals surface area (Å²) in [7, 11) is 0. The normalized spacial score (nSPS) is 17.2. The van der Waals surface area contributed by atoms with Gasteiger partial charge in [0.05, 0.1) is 0 Å². The molecule has 1 saturated heterocycles. The molecule has 1 heterocycles. The lowest BCUT2D eigenvalue weighted by Gasteiger charge is -2.19. The van der Waals surface area contributed by atoms with Crippen molar-refractivity contribution >= 4 is 18.4 Å². The second-order valence-electron chi connectivity index (χ2n) is 2.93. The molecule has 2 amide bonds. The summed E-state index contributed by atoms with van der Waals surface area (Å²) in [5.74, 6) is 0. The van der Waals surface area contributed by atoms with Crippen molar-refractivity contribution in [1.82, 2.24) is 15.5 Å². The highest BCUT2D eigenvalue weighted by atomic mass is 35.5. The minimum Gasteiger partial charge on any atom is -0.338 e. The van der Waals surface area contributed by atoms with Gasteiger partial charge in [0, 0.05) is 26.2 Å². The Morgan fingerprint density at radius 3 is 2.92 bits per heavy atom. The third-order valence-electron chi connectivity index (χ3n) is 1.96. The van der Waals surface area contributed by atoms with Gasteiger partial charge < -0.3 is 15.5 Å². The van der Waals surface area contributed by atoms with E-state index in [-0.39, 0.29) is 18.4 Å². The standard InChI is InChI=1S/C8H17N3O.ClH/c1-2-10-8(12)11-6-3-4-9-5-7-11;/h9H,2-7H2,1H3,(H,10,12);1H. The molecule has 4 nitrogen and oxygen atoms in total. The van der Waals surface area contributed by atoms with Gasteiger partial charge in [-0.3, -0.25) is 0 Å². The van der Waals surface area contributed by atoms with E-state index in [1.54, 1.807) is 0 Å². The molecule has 0 aromatic carbocycles. The van der Waals surface area contributed by atoms with Gasteiger partial charge in [-0.1, -0.05) is 0 Å². The van der Waals surface area contributed by atoms with Gasteiger partial charge in [-0.2, -0.15) is 0 Å². The summed E-state index contributed by atoms with van der Waals surface area (Å²) in [6.45, 7) is 6.29. The molecule has 0 radical (unpaired) electrons. The lowest BCUT2D eigenvalue weighted by molar-refractivity contribution is 0.202. The van der Waals surface area contributed by atoms with Crippen LogP contribution in [0.5, 0.6) is 0 Å². The first-order chi connectivity index (χ1) is 5.84. The summed E-state index contributed by atoms with van der Waals surface area (Å²) < 4.78 is 0. The molecule has 0 saturated carbocycles. The minimum absolute atomic E-state index is 0. The monoisotopic (exact) mass is 207 g/mol. The van der Waals surface area contributed by atoms with Crippen molar-refractivity contribution in [2.24, 2.45) is 0 Å². The van der Waals surface area contributed by atoms with Crippen molar-refractivity contribution in [3.8, 4) is 0 Å². The molecule has 0 bridgehead atoms. The highest BCUT2D eigenvalue weighted by molar-refractivity contribution is 5.85. The number of amides is 2. The Balaban J connectivity index is 0.00000144. The summed E-state index contributed by atoms with van der Waals surface area (Å²) in [6.07, 6.45) is 1.05. The fourth-order valence-corrected chi connectivity index (χ4v) is 1.31. The maximum Gasteiger partial charge on any atom is 0.317 e. The number of nitrogens with zero attached hydrogens (tertiary/aromatic N) is 1. The molecule has 13 heavy (non-hydrogen) atoms. The van der Waals surface area contributed by atoms with E-state index < -0.39 is 0 Å². The van der Waals surface area contributed by atoms with Crippen molar-refractivity contribution in [3.63, 3.8) is 0 Å². The second-order valence-corrected chi connectivity index (χ2v) is 2.93. The maximum absolute atomic E-state index is 11.3. The van der Waals surface area contributed by atoms with Gasteiger partial charge in [-0.25, -0.2) is 4.79 Å². The predicted molar refractivity (Wildman–Crippen MR) is 55.4 cm³/mol. The first-order valence-corrected chi connectivity index (χ1v) is 4.58. The van der Waals surface area contributed by atoms with Crippen LogP contribution in [0.15, 0.2) is 0 Å². The first kappa shape index (κ1) is 12.5. The van der Waals surface area contributed by atoms with Crippen LogP contribution in [0.2, 0.25) is 0 Å². The second kappa shape index (κ2) is 6.97. The molecule has 1 rings (SSSR count). The average Bonchev–Trinajstić information content (AvgIpc) is 2.32. The van der Waals surface area contributed by atoms with E-state index in [1.807, 2.05) is 11.8 Å². The van der Waals surface area contributed by atoms with Gasteiger partial charge in [0.1, 0.15) is 0 Å². The third kappa shape index (κ3) is 4.33. The van der Waals surface area contributed by atoms with Crippen LogP contribution in [-0.4, -0.2) is 43.7 Å². The molecular formula is C8H18ClN3O. The highest BCUT2D eigenvalue weighted by Gasteiger charge is 2.13. The molecule has 1 fully saturated rings. The summed E-state index contributed by atoms with van der Waals surface area (Å²) in [5.41, 5.74) is 0. The van der Waals surface area contributed by atoms with E-state index in [0.29, 0.717) is 6.54 Å². The van der Waals surface area contributed by atoms with Gasteiger partial charge in [0.15, 0.2) is 0 Å². The molecule has 0 unspecified atom stereocenters. The highest BCUT2D eigenvalue weighted by Crippen LogP contribution is 1.94. The molecule has 0 aliphatic carbocycles. The van der Waals surface area contributed by atoms with Crippen molar-refractivity contribution in [3.05, 3.63) is 0 Å². The van der Waals surface area contributed by atoms with E-state index in [2.05, 4.69) is 10.6 Å². The van der Waals surface area contributed by atoms with Crippen LogP contribution in [0.25, 0.3) is 0 Å². The molecule has 1 aliphatic heterocycles. The number of carbonyl (C=O) groups is 1. The molecule has 0 aromatic rings. The fourth-order valence-electron chi connectivity index (χ4n) is 1.31. The Kier molecular flexibility index (Phi) is 6.72. The van der Waals surface area contributed by atoms with E-state index in [0.717, 1.165) is 32.6 Å². The summed E-state index contributed by atoms with van der Waals surface area (Å²) in [5, 5.41) is 6.05. The van der Waals surface area contributed by atoms with Crippen LogP contribution in [0, 0.1) is 0 Å². The molecule has 0 spiro atoms. The molecule has 1 aliphatic rings. The Morgan fingerprint density at radius 2 is 2.23 bits per heavy atom. The van der Waals surface area contributed by atoms with Gasteiger partial charge >= 0.3 is 6.03 Å². The zero-order valence-electron chi connectivity index (χ0n) is 8.01. The Labute approximate surface area is 85.5 Å². The predicted octanol–water partition coefficient (Wildman–Crippen LogP) is 0.433. The van der Waals surface area contributed by atoms with Crippen LogP contribution in [0.3, 0.4) is 0 Å². The fraction of sp³-hybridized carbons (Fsp3) is 0.875. The number of hydrogen-bond donors (Lipinski definition) is 2. The van der Waals surface area contributed by atoms with E-state index in [9.17, 15) is 4.79 Å². The van der Waals surface area contributed by atoms with Crippen molar-refractivity contribution in [2.45, 2.75) is 13.3 Å². The largest absolute Gasteiger partial charge is 0.338 e. The van der Waals surface area contributed by atoms with Crippen LogP contribution in [0.4, 0.5) is 4.79 Å². The quantitative estimate of drug-likeness (QED) is 0.655. The lowest BCUT2D eigenvalue weighted by atomic mass is 10.4. The molecule has 2 N–H and O–H groups in total. The van der Waals surface area contributed by atoms with Crippen molar-refractivity contribution in [1.29, 1.82) is 0 Å². The lowest BCUT2D eigenvalue weighted by Crippen LogP contribution is -2.41. The smallest absolute Gasteiger partial charge is 0.317 e. The van der Waals surface area contributed by atoms with Crippen LogP contribution in [0.1, 0.15) is 13.3 Å². The zero-order chi connectivity index (χ0) is 8.81. The Bertz CT molecular complexity index is 146. The van der Waals surface area contributed by atoms with E-state index >= 15 is 0 Å². The van der Waals surface area contributed by atoms with Crippen LogP contribution >= 0.6 is 12.4 Å². The molecule has 5 heteroatoms. The maximum atomic E-state index is 11.3. The Morgan fingerprint density at radius 1 is 1.46 bits per heavy atom. The van der Waals surface area contributed by atoms with Gasteiger partial charge in [-0.05, 0) is 19.9 Å². The SMILES string of the molecule is CCNC(=O)N1CCCNCC1.Cl. The average molecular weight is 208 g/mol. The van der Waals surface area contributed by atoms with Gasteiger partial charge in [-0.15, -0.1) is 12.4 Å². The summed E-state index contributed by atoms with van der Waals surface area (Å²) in [6, 6.07) is 0.0706. The zero-order valence-corrected chi connectivity index (χ0v) is 8.82. The number of hydrogen-bond acceptors (Lipinski definition) is 2. The number of carbonyl (C=O) groups excluding carboxylic acids is 1. The van der Waals surface area contributed by atoms with Gasteiger partial charge in [0.25, 0.3) is 0 Å². The number of urea groups is 1. The third-order valence-corrected chi connectivity index (χ3v) is 1.96. The van der Waals surface area contributed by atoms with Crippen molar-refractivity contribution < 1.29 is 4.79 Å². The van der Waals surface area contributed by atoms with Crippen LogP contribution in [-0.2, 0) is 0 Å². The van der Waals surface area contributed by atoms with Crippen molar-refractivity contribution in [2.75, 3.05) is 32.7 Å². The molecule has 0 atom stereocenters. The summed E-state index contributed by atoms with van der Waals surface area (Å²) in [4.78, 5) is 13.2. The molecule has 78 valence electrons. The Hall–Kier alpha value is -0.480. The molecular weight excluding hydrogens is 190 g/mol. The number of nitrogens with one attached hydrogen (secondary N) is 2. The first-order valence-electron chi connectivity index (χ1n) is 4.58. The topological polar surface area (TPSA) is 44.4 Å². The van der Waals surface area contributed by atoms with E-state index in [4.69, 9.17) is 0 Å². The van der Waals surface area contributed by atoms with E-state index in [1.165, 1.54) is 0 Å².